The molecule has 2 atom stereocenters. The van der Waals surface area contributed by atoms with E-state index in [2.05, 4.69) is 17.1 Å². The molecule has 2 aromatic carbocycles. The second-order valence-electron chi connectivity index (χ2n) is 8.39. The topological polar surface area (TPSA) is 81.0 Å². The molecule has 0 aliphatic carbocycles. The summed E-state index contributed by atoms with van der Waals surface area (Å²) >= 11 is 1.46. The minimum atomic E-state index is -3.65. The van der Waals surface area contributed by atoms with Gasteiger partial charge in [-0.2, -0.15) is 9.30 Å². The summed E-state index contributed by atoms with van der Waals surface area (Å²) in [5.41, 5.74) is 3.70. The number of carbonyl (C=O) groups excluding carboxylic acids is 1. The van der Waals surface area contributed by atoms with Gasteiger partial charge >= 0.3 is 0 Å². The van der Waals surface area contributed by atoms with Gasteiger partial charge in [0.2, 0.25) is 10.0 Å². The summed E-state index contributed by atoms with van der Waals surface area (Å²) in [5.74, 6) is -0.404. The summed E-state index contributed by atoms with van der Waals surface area (Å²) in [6.45, 7) is 8.43. The van der Waals surface area contributed by atoms with Crippen LogP contribution in [-0.4, -0.2) is 48.5 Å². The van der Waals surface area contributed by atoms with Crippen molar-refractivity contribution in [2.75, 3.05) is 13.1 Å². The summed E-state index contributed by atoms with van der Waals surface area (Å²) < 4.78 is 36.1. The van der Waals surface area contributed by atoms with Crippen molar-refractivity contribution in [3.63, 3.8) is 0 Å². The van der Waals surface area contributed by atoms with Crippen LogP contribution in [0.25, 0.3) is 10.2 Å². The van der Waals surface area contributed by atoms with Gasteiger partial charge in [-0.05, 0) is 69.2 Å². The molecule has 1 aliphatic heterocycles. The van der Waals surface area contributed by atoms with E-state index in [-0.39, 0.29) is 17.1 Å². The molecule has 1 saturated heterocycles. The number of morpholine rings is 1. The fourth-order valence-electron chi connectivity index (χ4n) is 4.19. The van der Waals surface area contributed by atoms with E-state index >= 15 is 0 Å². The molecule has 1 aliphatic rings. The van der Waals surface area contributed by atoms with E-state index in [1.807, 2.05) is 39.3 Å². The van der Waals surface area contributed by atoms with Gasteiger partial charge in [0.05, 0.1) is 27.3 Å². The Morgan fingerprint density at radius 3 is 2.34 bits per heavy atom. The molecule has 0 N–H and O–H groups in total. The van der Waals surface area contributed by atoms with Crippen molar-refractivity contribution in [3.8, 4) is 0 Å². The molecule has 2 heterocycles. The van der Waals surface area contributed by atoms with E-state index in [4.69, 9.17) is 4.74 Å². The summed E-state index contributed by atoms with van der Waals surface area (Å²) in [6.07, 6.45) is -0.328. The smallest absolute Gasteiger partial charge is 0.279 e. The lowest BCUT2D eigenvalue weighted by atomic mass is 10.1. The highest BCUT2D eigenvalue weighted by Crippen LogP contribution is 2.23. The largest absolute Gasteiger partial charge is 0.373 e. The second-order valence-corrected chi connectivity index (χ2v) is 11.3. The molecule has 0 radical (unpaired) electrons. The maximum Gasteiger partial charge on any atom is 0.279 e. The molecule has 7 nitrogen and oxygen atoms in total. The molecule has 32 heavy (non-hydrogen) atoms. The van der Waals surface area contributed by atoms with Crippen molar-refractivity contribution in [1.82, 2.24) is 8.87 Å². The average Bonchev–Trinajstić information content (AvgIpc) is 3.02. The molecule has 4 rings (SSSR count). The van der Waals surface area contributed by atoms with E-state index in [1.165, 1.54) is 39.9 Å². The van der Waals surface area contributed by atoms with Gasteiger partial charge in [-0.3, -0.25) is 4.79 Å². The van der Waals surface area contributed by atoms with Crippen molar-refractivity contribution in [3.05, 3.63) is 57.9 Å². The summed E-state index contributed by atoms with van der Waals surface area (Å²) in [6, 6.07) is 10.2. The number of benzene rings is 2. The fraction of sp³-hybridized carbons (Fsp3) is 0.391. The maximum atomic E-state index is 13.0. The van der Waals surface area contributed by atoms with E-state index in [0.717, 1.165) is 21.3 Å². The van der Waals surface area contributed by atoms with Crippen LogP contribution in [0.5, 0.6) is 0 Å². The van der Waals surface area contributed by atoms with Crippen LogP contribution in [0.15, 0.2) is 46.3 Å². The number of ether oxygens (including phenoxy) is 1. The second kappa shape index (κ2) is 8.55. The number of hydrogen-bond acceptors (Lipinski definition) is 5. The van der Waals surface area contributed by atoms with E-state index in [9.17, 15) is 13.2 Å². The number of aromatic nitrogens is 1. The Hall–Kier alpha value is -2.33. The predicted octanol–water partition coefficient (Wildman–Crippen LogP) is 3.40. The third-order valence-electron chi connectivity index (χ3n) is 5.56. The van der Waals surface area contributed by atoms with E-state index in [1.54, 1.807) is 0 Å². The highest BCUT2D eigenvalue weighted by molar-refractivity contribution is 7.89. The van der Waals surface area contributed by atoms with Crippen molar-refractivity contribution in [2.24, 2.45) is 12.0 Å². The van der Waals surface area contributed by atoms with Crippen LogP contribution < -0.4 is 4.80 Å². The highest BCUT2D eigenvalue weighted by atomic mass is 32.2. The van der Waals surface area contributed by atoms with E-state index in [0.29, 0.717) is 23.5 Å². The first-order valence-corrected chi connectivity index (χ1v) is 12.7. The quantitative estimate of drug-likeness (QED) is 0.584. The Labute approximate surface area is 192 Å². The maximum absolute atomic E-state index is 13.0. The minimum Gasteiger partial charge on any atom is -0.373 e. The van der Waals surface area contributed by atoms with Crippen LogP contribution in [0.2, 0.25) is 0 Å². The lowest BCUT2D eigenvalue weighted by molar-refractivity contribution is -0.0440. The first-order chi connectivity index (χ1) is 15.1. The van der Waals surface area contributed by atoms with Gasteiger partial charge in [0, 0.05) is 25.7 Å². The van der Waals surface area contributed by atoms with Gasteiger partial charge in [-0.1, -0.05) is 17.4 Å². The van der Waals surface area contributed by atoms with Crippen LogP contribution in [0.1, 0.15) is 35.3 Å². The van der Waals surface area contributed by atoms with Crippen LogP contribution in [0.3, 0.4) is 0 Å². The number of aryl methyl sites for hydroxylation is 3. The number of amides is 1. The van der Waals surface area contributed by atoms with Crippen molar-refractivity contribution >= 4 is 37.5 Å². The van der Waals surface area contributed by atoms with Crippen LogP contribution in [0, 0.1) is 13.8 Å². The first-order valence-electron chi connectivity index (χ1n) is 10.5. The molecular weight excluding hydrogens is 446 g/mol. The van der Waals surface area contributed by atoms with Gasteiger partial charge < -0.3 is 9.30 Å². The van der Waals surface area contributed by atoms with Crippen molar-refractivity contribution < 1.29 is 17.9 Å². The normalized spacial score (nSPS) is 20.7. The zero-order valence-corrected chi connectivity index (χ0v) is 20.5. The lowest BCUT2D eigenvalue weighted by Crippen LogP contribution is -2.48. The van der Waals surface area contributed by atoms with Crippen LogP contribution >= 0.6 is 11.3 Å². The number of rotatable bonds is 3. The fourth-order valence-corrected chi connectivity index (χ4v) is 6.97. The first kappa shape index (κ1) is 22.8. The number of hydrogen-bond donors (Lipinski definition) is 0. The monoisotopic (exact) mass is 473 g/mol. The SMILES string of the molecule is Cc1cc(C)c2c(c1)sc(=NC(=O)c1ccc(S(=O)(=O)N3C[C@@H](C)O[C@H](C)C3)cc1)n2C. The summed E-state index contributed by atoms with van der Waals surface area (Å²) in [7, 11) is -1.76. The van der Waals surface area contributed by atoms with Crippen LogP contribution in [0.4, 0.5) is 0 Å². The minimum absolute atomic E-state index is 0.161. The number of carbonyl (C=O) groups is 1. The van der Waals surface area contributed by atoms with Gasteiger partial charge in [0.25, 0.3) is 5.91 Å². The standard InChI is InChI=1S/C23H27N3O4S2/c1-14-10-15(2)21-20(11-14)31-23(25(21)5)24-22(27)18-6-8-19(9-7-18)32(28,29)26-12-16(3)30-17(4)13-26/h6-11,16-17H,12-13H2,1-5H3/t16-,17-/m1/s1. The number of sulfonamides is 1. The molecule has 1 aromatic heterocycles. The Balaban J connectivity index is 1.62. The third kappa shape index (κ3) is 4.30. The molecule has 1 amide bonds. The Bertz CT molecular complexity index is 1340. The summed E-state index contributed by atoms with van der Waals surface area (Å²) in [4.78, 5) is 17.9. The highest BCUT2D eigenvalue weighted by Gasteiger charge is 2.32. The van der Waals surface area contributed by atoms with Gasteiger partial charge in [0.15, 0.2) is 4.80 Å². The van der Waals surface area contributed by atoms with Crippen molar-refractivity contribution in [2.45, 2.75) is 44.8 Å². The molecule has 3 aromatic rings. The predicted molar refractivity (Wildman–Crippen MR) is 125 cm³/mol. The zero-order valence-electron chi connectivity index (χ0n) is 18.8. The Morgan fingerprint density at radius 1 is 1.09 bits per heavy atom. The van der Waals surface area contributed by atoms with Gasteiger partial charge in [0.1, 0.15) is 0 Å². The van der Waals surface area contributed by atoms with Crippen molar-refractivity contribution in [1.29, 1.82) is 0 Å². The Kier molecular flexibility index (Phi) is 6.10. The zero-order chi connectivity index (χ0) is 23.2. The van der Waals surface area contributed by atoms with Gasteiger partial charge in [-0.15, -0.1) is 0 Å². The molecule has 1 fully saturated rings. The number of thiazole rings is 1. The van der Waals surface area contributed by atoms with E-state index < -0.39 is 15.9 Å². The third-order valence-corrected chi connectivity index (χ3v) is 8.48. The molecule has 0 bridgehead atoms. The lowest BCUT2D eigenvalue weighted by Gasteiger charge is -2.34. The number of fused-ring (bicyclic) bond motifs is 1. The molecular formula is C23H27N3O4S2. The molecule has 0 spiro atoms. The Morgan fingerprint density at radius 2 is 1.72 bits per heavy atom. The average molecular weight is 474 g/mol. The number of nitrogens with zero attached hydrogens (tertiary/aromatic N) is 3. The molecule has 170 valence electrons. The molecule has 0 unspecified atom stereocenters. The molecule has 0 saturated carbocycles. The van der Waals surface area contributed by atoms with Gasteiger partial charge in [-0.25, -0.2) is 8.42 Å². The molecule has 9 heteroatoms. The van der Waals surface area contributed by atoms with Crippen LogP contribution in [-0.2, 0) is 21.8 Å². The summed E-state index contributed by atoms with van der Waals surface area (Å²) in [5, 5.41) is 0.